The van der Waals surface area contributed by atoms with Crippen LogP contribution < -0.4 is 5.32 Å². The van der Waals surface area contributed by atoms with Crippen molar-refractivity contribution < 1.29 is 9.90 Å². The van der Waals surface area contributed by atoms with Crippen LogP contribution in [0, 0.1) is 17.3 Å². The summed E-state index contributed by atoms with van der Waals surface area (Å²) in [5.41, 5.74) is 4.21. The lowest BCUT2D eigenvalue weighted by atomic mass is 9.81. The van der Waals surface area contributed by atoms with Gasteiger partial charge in [0, 0.05) is 24.1 Å². The molecule has 1 aliphatic rings. The summed E-state index contributed by atoms with van der Waals surface area (Å²) in [5.74, 6) is 5.61. The number of carboxylic acids is 1. The first kappa shape index (κ1) is 21.5. The Labute approximate surface area is 187 Å². The molecule has 31 heavy (non-hydrogen) atoms. The molecule has 0 bridgehead atoms. The van der Waals surface area contributed by atoms with Gasteiger partial charge in [-0.05, 0) is 56.3 Å². The number of carbonyl (C=O) groups is 1. The van der Waals surface area contributed by atoms with Crippen LogP contribution in [0.1, 0.15) is 28.1 Å². The smallest absolute Gasteiger partial charge is 0.303 e. The second-order valence-corrected chi connectivity index (χ2v) is 9.74. The Hall–Kier alpha value is -2.72. The highest BCUT2D eigenvalue weighted by Gasteiger charge is 2.38. The molecule has 4 rings (SSSR count). The van der Waals surface area contributed by atoms with E-state index in [1.54, 1.807) is 11.3 Å². The monoisotopic (exact) mass is 433 g/mol. The maximum absolute atomic E-state index is 11.6. The number of hydrogen-bond acceptors (Lipinski definition) is 5. The second kappa shape index (κ2) is 9.19. The van der Waals surface area contributed by atoms with E-state index < -0.39 is 5.97 Å². The van der Waals surface area contributed by atoms with Crippen molar-refractivity contribution in [3.05, 3.63) is 64.2 Å². The van der Waals surface area contributed by atoms with E-state index in [1.807, 2.05) is 43.3 Å². The van der Waals surface area contributed by atoms with Gasteiger partial charge in [0.2, 0.25) is 0 Å². The van der Waals surface area contributed by atoms with Gasteiger partial charge < -0.3 is 10.4 Å². The molecule has 0 radical (unpaired) electrons. The SMILES string of the molecule is CN(C)CC#Cc1ccc2sc(CNCC3(CC(=O)O)Cc4ccccc4C3)nc2c1. The number of hydrogen-bond donors (Lipinski definition) is 2. The Morgan fingerprint density at radius 1 is 1.23 bits per heavy atom. The molecule has 0 saturated carbocycles. The number of benzene rings is 2. The third-order valence-corrected chi connectivity index (χ3v) is 6.65. The maximum atomic E-state index is 11.6. The lowest BCUT2D eigenvalue weighted by molar-refractivity contribution is -0.139. The number of fused-ring (bicyclic) bond motifs is 2. The molecule has 5 nitrogen and oxygen atoms in total. The van der Waals surface area contributed by atoms with Crippen LogP contribution in [0.15, 0.2) is 42.5 Å². The van der Waals surface area contributed by atoms with E-state index in [4.69, 9.17) is 4.98 Å². The first-order valence-electron chi connectivity index (χ1n) is 10.4. The molecule has 1 aliphatic carbocycles. The molecule has 0 saturated heterocycles. The minimum atomic E-state index is -0.738. The van der Waals surface area contributed by atoms with Crippen LogP contribution in [0.4, 0.5) is 0 Å². The Kier molecular flexibility index (Phi) is 6.38. The van der Waals surface area contributed by atoms with Crippen molar-refractivity contribution in [3.8, 4) is 11.8 Å². The van der Waals surface area contributed by atoms with Crippen LogP contribution in [0.25, 0.3) is 10.2 Å². The second-order valence-electron chi connectivity index (χ2n) is 8.63. The van der Waals surface area contributed by atoms with Crippen molar-refractivity contribution in [1.82, 2.24) is 15.2 Å². The largest absolute Gasteiger partial charge is 0.481 e. The van der Waals surface area contributed by atoms with Crippen LogP contribution in [-0.2, 0) is 24.2 Å². The number of carboxylic acid groups (broad SMARTS) is 1. The number of nitrogens with zero attached hydrogens (tertiary/aromatic N) is 2. The molecule has 160 valence electrons. The van der Waals surface area contributed by atoms with E-state index in [0.717, 1.165) is 40.2 Å². The summed E-state index contributed by atoms with van der Waals surface area (Å²) in [6, 6.07) is 14.5. The van der Waals surface area contributed by atoms with Crippen LogP contribution >= 0.6 is 11.3 Å². The zero-order chi connectivity index (χ0) is 21.8. The molecule has 3 aromatic rings. The Morgan fingerprint density at radius 2 is 1.97 bits per heavy atom. The summed E-state index contributed by atoms with van der Waals surface area (Å²) in [6.45, 7) is 2.02. The van der Waals surface area contributed by atoms with Crippen molar-refractivity contribution in [3.63, 3.8) is 0 Å². The molecule has 1 heterocycles. The quantitative estimate of drug-likeness (QED) is 0.558. The zero-order valence-electron chi connectivity index (χ0n) is 17.9. The van der Waals surface area contributed by atoms with Crippen molar-refractivity contribution in [2.45, 2.75) is 25.8 Å². The highest BCUT2D eigenvalue weighted by Crippen LogP contribution is 2.39. The Balaban J connectivity index is 1.42. The number of aliphatic carboxylic acids is 1. The van der Waals surface area contributed by atoms with Gasteiger partial charge in [0.15, 0.2) is 0 Å². The van der Waals surface area contributed by atoms with Crippen LogP contribution in [0.5, 0.6) is 0 Å². The van der Waals surface area contributed by atoms with Gasteiger partial charge in [-0.25, -0.2) is 4.98 Å². The van der Waals surface area contributed by atoms with E-state index in [0.29, 0.717) is 13.1 Å². The zero-order valence-corrected chi connectivity index (χ0v) is 18.8. The summed E-state index contributed by atoms with van der Waals surface area (Å²) in [6.07, 6.45) is 1.78. The lowest BCUT2D eigenvalue weighted by Crippen LogP contribution is -2.37. The molecule has 0 unspecified atom stereocenters. The number of rotatable bonds is 7. The van der Waals surface area contributed by atoms with Crippen LogP contribution in [0.2, 0.25) is 0 Å². The van der Waals surface area contributed by atoms with Gasteiger partial charge in [-0.2, -0.15) is 0 Å². The number of aromatic nitrogens is 1. The van der Waals surface area contributed by atoms with Crippen LogP contribution in [0.3, 0.4) is 0 Å². The fraction of sp³-hybridized carbons (Fsp3) is 0.360. The molecule has 0 aliphatic heterocycles. The first-order chi connectivity index (χ1) is 14.9. The van der Waals surface area contributed by atoms with E-state index >= 15 is 0 Å². The van der Waals surface area contributed by atoms with Crippen molar-refractivity contribution in [2.24, 2.45) is 5.41 Å². The number of nitrogens with one attached hydrogen (secondary N) is 1. The molecule has 0 fully saturated rings. The van der Waals surface area contributed by atoms with Crippen LogP contribution in [-0.4, -0.2) is 48.1 Å². The Bertz CT molecular complexity index is 1130. The average molecular weight is 434 g/mol. The summed E-state index contributed by atoms with van der Waals surface area (Å²) >= 11 is 1.67. The topological polar surface area (TPSA) is 65.5 Å². The molecule has 2 N–H and O–H groups in total. The average Bonchev–Trinajstić information content (AvgIpc) is 3.27. The summed E-state index contributed by atoms with van der Waals surface area (Å²) in [5, 5.41) is 14.0. The van der Waals surface area contributed by atoms with Gasteiger partial charge >= 0.3 is 5.97 Å². The predicted molar refractivity (Wildman–Crippen MR) is 125 cm³/mol. The third-order valence-electron chi connectivity index (χ3n) is 5.61. The maximum Gasteiger partial charge on any atom is 0.303 e. The molecule has 0 amide bonds. The van der Waals surface area contributed by atoms with E-state index in [1.165, 1.54) is 11.1 Å². The third kappa shape index (κ3) is 5.31. The molecule has 1 aromatic heterocycles. The van der Waals surface area contributed by atoms with Gasteiger partial charge in [-0.15, -0.1) is 11.3 Å². The summed E-state index contributed by atoms with van der Waals surface area (Å²) in [4.78, 5) is 18.4. The molecular formula is C25H27N3O2S. The van der Waals surface area contributed by atoms with Gasteiger partial charge in [-0.1, -0.05) is 36.1 Å². The van der Waals surface area contributed by atoms with Gasteiger partial charge in [-0.3, -0.25) is 9.69 Å². The van der Waals surface area contributed by atoms with Gasteiger partial charge in [0.1, 0.15) is 5.01 Å². The van der Waals surface area contributed by atoms with E-state index in [2.05, 4.69) is 35.4 Å². The summed E-state index contributed by atoms with van der Waals surface area (Å²) in [7, 11) is 4.00. The minimum Gasteiger partial charge on any atom is -0.481 e. The molecule has 0 atom stereocenters. The highest BCUT2D eigenvalue weighted by molar-refractivity contribution is 7.18. The highest BCUT2D eigenvalue weighted by atomic mass is 32.1. The molecule has 0 spiro atoms. The van der Waals surface area contributed by atoms with Gasteiger partial charge in [0.05, 0.1) is 23.2 Å². The van der Waals surface area contributed by atoms with Crippen molar-refractivity contribution in [2.75, 3.05) is 27.2 Å². The van der Waals surface area contributed by atoms with Crippen molar-refractivity contribution in [1.29, 1.82) is 0 Å². The first-order valence-corrected chi connectivity index (χ1v) is 11.3. The van der Waals surface area contributed by atoms with Crippen molar-refractivity contribution >= 4 is 27.5 Å². The normalized spacial score (nSPS) is 14.4. The predicted octanol–water partition coefficient (Wildman–Crippen LogP) is 3.56. The number of thiazole rings is 1. The molecule has 6 heteroatoms. The van der Waals surface area contributed by atoms with E-state index in [-0.39, 0.29) is 11.8 Å². The van der Waals surface area contributed by atoms with Gasteiger partial charge in [0.25, 0.3) is 0 Å². The standard InChI is InChI=1S/C25H27N3O2S/c1-28(2)11-5-6-18-9-10-22-21(12-18)27-23(31-22)16-26-17-25(15-24(29)30)13-19-7-3-4-8-20(19)14-25/h3-4,7-10,12,26H,11,13-17H2,1-2H3,(H,29,30). The molecular weight excluding hydrogens is 406 g/mol. The Morgan fingerprint density at radius 3 is 2.65 bits per heavy atom. The fourth-order valence-electron chi connectivity index (χ4n) is 4.27. The van der Waals surface area contributed by atoms with E-state index in [9.17, 15) is 9.90 Å². The minimum absolute atomic E-state index is 0.170. The lowest BCUT2D eigenvalue weighted by Gasteiger charge is -2.27. The summed E-state index contributed by atoms with van der Waals surface area (Å²) < 4.78 is 1.14. The fourth-order valence-corrected chi connectivity index (χ4v) is 5.19. The molecule has 2 aromatic carbocycles.